The number of aliphatic carboxylic acids is 1. The number of carbonyl (C=O) groups excluding carboxylic acids is 2. The number of carbonyl (C=O) groups is 3. The van der Waals surface area contributed by atoms with E-state index in [9.17, 15) is 14.4 Å². The van der Waals surface area contributed by atoms with Crippen molar-refractivity contribution >= 4 is 18.0 Å². The van der Waals surface area contributed by atoms with Gasteiger partial charge < -0.3 is 20.5 Å². The first kappa shape index (κ1) is 20.4. The van der Waals surface area contributed by atoms with Crippen molar-refractivity contribution in [2.24, 2.45) is 0 Å². The van der Waals surface area contributed by atoms with Crippen molar-refractivity contribution in [3.63, 3.8) is 0 Å². The molecular weight excluding hydrogens is 372 g/mol. The molecule has 0 unspecified atom stereocenters. The quantitative estimate of drug-likeness (QED) is 0.636. The highest BCUT2D eigenvalue weighted by Gasteiger charge is 2.29. The fraction of sp³-hybridized carbons (Fsp3) is 0.318. The van der Waals surface area contributed by atoms with Gasteiger partial charge in [0.1, 0.15) is 6.61 Å². The van der Waals surface area contributed by atoms with Crippen molar-refractivity contribution < 1.29 is 24.2 Å². The van der Waals surface area contributed by atoms with Crippen LogP contribution >= 0.6 is 0 Å². The third kappa shape index (κ3) is 5.13. The van der Waals surface area contributed by atoms with Gasteiger partial charge in [0.15, 0.2) is 0 Å². The van der Waals surface area contributed by atoms with E-state index in [1.54, 1.807) is 6.92 Å². The van der Waals surface area contributed by atoms with Crippen LogP contribution in [0.4, 0.5) is 4.79 Å². The van der Waals surface area contributed by atoms with Crippen molar-refractivity contribution in [2.75, 3.05) is 13.2 Å². The Morgan fingerprint density at radius 3 is 2.21 bits per heavy atom. The van der Waals surface area contributed by atoms with E-state index >= 15 is 0 Å². The second kappa shape index (κ2) is 9.23. The lowest BCUT2D eigenvalue weighted by Crippen LogP contribution is -2.38. The topological polar surface area (TPSA) is 105 Å². The molecule has 1 aliphatic rings. The molecule has 29 heavy (non-hydrogen) atoms. The summed E-state index contributed by atoms with van der Waals surface area (Å²) in [4.78, 5) is 34.4. The monoisotopic (exact) mass is 396 g/mol. The Bertz CT molecular complexity index is 866. The van der Waals surface area contributed by atoms with Crippen molar-refractivity contribution in [1.29, 1.82) is 0 Å². The summed E-state index contributed by atoms with van der Waals surface area (Å²) in [6.07, 6.45) is -0.679. The minimum atomic E-state index is -0.977. The Morgan fingerprint density at radius 1 is 1.03 bits per heavy atom. The summed E-state index contributed by atoms with van der Waals surface area (Å²) in [7, 11) is 0. The second-order valence-electron chi connectivity index (χ2n) is 7.07. The van der Waals surface area contributed by atoms with Crippen LogP contribution in [0.1, 0.15) is 36.8 Å². The second-order valence-corrected chi connectivity index (χ2v) is 7.07. The van der Waals surface area contributed by atoms with Gasteiger partial charge in [0.25, 0.3) is 0 Å². The van der Waals surface area contributed by atoms with E-state index in [-0.39, 0.29) is 37.8 Å². The first-order valence-corrected chi connectivity index (χ1v) is 9.55. The van der Waals surface area contributed by atoms with E-state index in [4.69, 9.17) is 9.84 Å². The third-order valence-electron chi connectivity index (χ3n) is 4.86. The third-order valence-corrected chi connectivity index (χ3v) is 4.86. The Kier molecular flexibility index (Phi) is 6.49. The normalized spacial score (nSPS) is 13.1. The van der Waals surface area contributed by atoms with Crippen molar-refractivity contribution in [3.05, 3.63) is 59.7 Å². The van der Waals surface area contributed by atoms with Gasteiger partial charge in [0.05, 0.1) is 6.42 Å². The van der Waals surface area contributed by atoms with Crippen LogP contribution in [0.15, 0.2) is 48.5 Å². The fourth-order valence-electron chi connectivity index (χ4n) is 3.55. The zero-order chi connectivity index (χ0) is 20.8. The maximum Gasteiger partial charge on any atom is 0.407 e. The Balaban J connectivity index is 1.51. The van der Waals surface area contributed by atoms with E-state index < -0.39 is 18.1 Å². The molecule has 1 aliphatic carbocycles. The van der Waals surface area contributed by atoms with E-state index in [2.05, 4.69) is 22.8 Å². The molecule has 0 bridgehead atoms. The number of amides is 2. The minimum absolute atomic E-state index is 0.0252. The predicted octanol–water partition coefficient (Wildman–Crippen LogP) is 2.89. The zero-order valence-corrected chi connectivity index (χ0v) is 16.2. The van der Waals surface area contributed by atoms with Crippen LogP contribution in [0.25, 0.3) is 11.1 Å². The number of rotatable bonds is 8. The Labute approximate surface area is 169 Å². The molecule has 7 nitrogen and oxygen atoms in total. The molecule has 0 fully saturated rings. The van der Waals surface area contributed by atoms with Gasteiger partial charge >= 0.3 is 12.1 Å². The highest BCUT2D eigenvalue weighted by atomic mass is 16.5. The van der Waals surface area contributed by atoms with Crippen LogP contribution in [0, 0.1) is 0 Å². The predicted molar refractivity (Wildman–Crippen MR) is 108 cm³/mol. The highest BCUT2D eigenvalue weighted by molar-refractivity contribution is 5.80. The van der Waals surface area contributed by atoms with Crippen LogP contribution in [-0.4, -0.2) is 42.3 Å². The number of hydrogen-bond donors (Lipinski definition) is 3. The van der Waals surface area contributed by atoms with E-state index in [0.717, 1.165) is 22.3 Å². The van der Waals surface area contributed by atoms with Crippen LogP contribution in [0.5, 0.6) is 0 Å². The maximum atomic E-state index is 12.2. The number of ether oxygens (including phenoxy) is 1. The first-order valence-electron chi connectivity index (χ1n) is 9.55. The van der Waals surface area contributed by atoms with Gasteiger partial charge in [-0.05, 0) is 29.2 Å². The molecule has 0 saturated heterocycles. The summed E-state index contributed by atoms with van der Waals surface area (Å²) < 4.78 is 5.45. The van der Waals surface area contributed by atoms with Crippen LogP contribution in [0.2, 0.25) is 0 Å². The van der Waals surface area contributed by atoms with Gasteiger partial charge in [-0.25, -0.2) is 4.79 Å². The molecule has 0 aromatic heterocycles. The molecule has 0 heterocycles. The number of nitrogens with one attached hydrogen (secondary N) is 2. The molecule has 0 spiro atoms. The standard InChI is InChI=1S/C22H24N2O5/c1-14(12-20(25)23-11-10-21(26)27)24-22(28)29-13-19-17-8-4-2-6-15(17)16-7-3-5-9-18(16)19/h2-9,14,19H,10-13H2,1H3,(H,23,25)(H,24,28)(H,26,27)/t14-/m1/s1. The molecule has 3 rings (SSSR count). The van der Waals surface area contributed by atoms with Gasteiger partial charge in [0.2, 0.25) is 5.91 Å². The number of carboxylic acids is 1. The summed E-state index contributed by atoms with van der Waals surface area (Å²) in [6.45, 7) is 1.96. The summed E-state index contributed by atoms with van der Waals surface area (Å²) in [5.74, 6) is -1.32. The molecule has 0 radical (unpaired) electrons. The summed E-state index contributed by atoms with van der Waals surface area (Å²) in [5, 5.41) is 13.7. The molecule has 1 atom stereocenters. The summed E-state index contributed by atoms with van der Waals surface area (Å²) >= 11 is 0. The highest BCUT2D eigenvalue weighted by Crippen LogP contribution is 2.44. The lowest BCUT2D eigenvalue weighted by molar-refractivity contribution is -0.136. The van der Waals surface area contributed by atoms with Gasteiger partial charge in [-0.1, -0.05) is 48.5 Å². The number of fused-ring (bicyclic) bond motifs is 3. The van der Waals surface area contributed by atoms with Crippen molar-refractivity contribution in [1.82, 2.24) is 10.6 Å². The van der Waals surface area contributed by atoms with Crippen LogP contribution in [-0.2, 0) is 14.3 Å². The molecule has 2 amide bonds. The fourth-order valence-corrected chi connectivity index (χ4v) is 3.55. The lowest BCUT2D eigenvalue weighted by atomic mass is 9.98. The van der Waals surface area contributed by atoms with Crippen molar-refractivity contribution in [3.8, 4) is 11.1 Å². The Hall–Kier alpha value is -3.35. The molecule has 152 valence electrons. The smallest absolute Gasteiger partial charge is 0.407 e. The number of hydrogen-bond acceptors (Lipinski definition) is 4. The SMILES string of the molecule is C[C@H](CC(=O)NCCC(=O)O)NC(=O)OCC1c2ccccc2-c2ccccc21. The average molecular weight is 396 g/mol. The summed E-state index contributed by atoms with van der Waals surface area (Å²) in [6, 6.07) is 15.7. The molecule has 2 aromatic carbocycles. The zero-order valence-electron chi connectivity index (χ0n) is 16.2. The van der Waals surface area contributed by atoms with Gasteiger partial charge in [-0.2, -0.15) is 0 Å². The van der Waals surface area contributed by atoms with Gasteiger partial charge in [0, 0.05) is 24.9 Å². The van der Waals surface area contributed by atoms with E-state index in [1.807, 2.05) is 36.4 Å². The van der Waals surface area contributed by atoms with E-state index in [0.29, 0.717) is 0 Å². The molecule has 0 aliphatic heterocycles. The molecule has 0 saturated carbocycles. The lowest BCUT2D eigenvalue weighted by Gasteiger charge is -2.17. The molecular formula is C22H24N2O5. The van der Waals surface area contributed by atoms with Crippen LogP contribution < -0.4 is 10.6 Å². The minimum Gasteiger partial charge on any atom is -0.481 e. The van der Waals surface area contributed by atoms with E-state index in [1.165, 1.54) is 0 Å². The van der Waals surface area contributed by atoms with Crippen molar-refractivity contribution in [2.45, 2.75) is 31.7 Å². The molecule has 2 aromatic rings. The number of benzene rings is 2. The largest absolute Gasteiger partial charge is 0.481 e. The van der Waals surface area contributed by atoms with Crippen LogP contribution in [0.3, 0.4) is 0 Å². The Morgan fingerprint density at radius 2 is 1.62 bits per heavy atom. The maximum absolute atomic E-state index is 12.2. The number of carboxylic acid groups (broad SMARTS) is 1. The van der Waals surface area contributed by atoms with Gasteiger partial charge in [-0.15, -0.1) is 0 Å². The summed E-state index contributed by atoms with van der Waals surface area (Å²) in [5.41, 5.74) is 4.58. The molecule has 7 heteroatoms. The van der Waals surface area contributed by atoms with Gasteiger partial charge in [-0.3, -0.25) is 9.59 Å². The average Bonchev–Trinajstić information content (AvgIpc) is 3.00. The molecule has 3 N–H and O–H groups in total. The number of alkyl carbamates (subject to hydrolysis) is 1. The first-order chi connectivity index (χ1) is 14.0.